The summed E-state index contributed by atoms with van der Waals surface area (Å²) in [7, 11) is 3.81. The summed E-state index contributed by atoms with van der Waals surface area (Å²) in [4.78, 5) is 0. The minimum Gasteiger partial charge on any atom is -0.380 e. The van der Waals surface area contributed by atoms with Gasteiger partial charge in [0.05, 0.1) is 6.10 Å². The van der Waals surface area contributed by atoms with E-state index in [1.807, 2.05) is 7.05 Å². The van der Waals surface area contributed by atoms with Gasteiger partial charge >= 0.3 is 0 Å². The molecule has 2 nitrogen and oxygen atoms in total. The standard InChI is InChI=1S/C8H17NO/c1-6-4-7(9-2)8(5-6)10-3/h6-9H,4-5H2,1-3H3/t6-,7+,8?/m1/s1. The Kier molecular flexibility index (Phi) is 2.69. The summed E-state index contributed by atoms with van der Waals surface area (Å²) in [5.74, 6) is 0.822. The molecule has 1 rings (SSSR count). The molecule has 0 radical (unpaired) electrons. The van der Waals surface area contributed by atoms with Gasteiger partial charge in [0.15, 0.2) is 0 Å². The summed E-state index contributed by atoms with van der Waals surface area (Å²) in [5, 5.41) is 3.27. The third kappa shape index (κ3) is 1.50. The Morgan fingerprint density at radius 2 is 2.10 bits per heavy atom. The highest BCUT2D eigenvalue weighted by molar-refractivity contribution is 4.86. The van der Waals surface area contributed by atoms with E-state index in [2.05, 4.69) is 12.2 Å². The Hall–Kier alpha value is -0.0800. The second-order valence-corrected chi connectivity index (χ2v) is 3.25. The van der Waals surface area contributed by atoms with Gasteiger partial charge in [-0.15, -0.1) is 0 Å². The molecule has 1 saturated carbocycles. The zero-order valence-electron chi connectivity index (χ0n) is 7.05. The lowest BCUT2D eigenvalue weighted by atomic mass is 10.1. The Balaban J connectivity index is 2.41. The predicted octanol–water partition coefficient (Wildman–Crippen LogP) is 1.02. The summed E-state index contributed by atoms with van der Waals surface area (Å²) in [6.45, 7) is 2.28. The van der Waals surface area contributed by atoms with Crippen LogP contribution in [0.1, 0.15) is 19.8 Å². The summed E-state index contributed by atoms with van der Waals surface area (Å²) in [5.41, 5.74) is 0. The van der Waals surface area contributed by atoms with Crippen molar-refractivity contribution < 1.29 is 4.74 Å². The normalized spacial score (nSPS) is 40.5. The predicted molar refractivity (Wildman–Crippen MR) is 42.0 cm³/mol. The van der Waals surface area contributed by atoms with Crippen LogP contribution in [0.5, 0.6) is 0 Å². The number of ether oxygens (including phenoxy) is 1. The molecule has 1 unspecified atom stereocenters. The van der Waals surface area contributed by atoms with Gasteiger partial charge in [-0.3, -0.25) is 0 Å². The van der Waals surface area contributed by atoms with Crippen LogP contribution in [0.3, 0.4) is 0 Å². The third-order valence-electron chi connectivity index (χ3n) is 2.41. The van der Waals surface area contributed by atoms with E-state index in [0.717, 1.165) is 5.92 Å². The molecule has 1 fully saturated rings. The Bertz CT molecular complexity index is 93.4. The van der Waals surface area contributed by atoms with Gasteiger partial charge < -0.3 is 10.1 Å². The summed E-state index contributed by atoms with van der Waals surface area (Å²) < 4.78 is 5.32. The van der Waals surface area contributed by atoms with Crippen molar-refractivity contribution in [2.45, 2.75) is 31.9 Å². The van der Waals surface area contributed by atoms with Gasteiger partial charge in [-0.05, 0) is 25.8 Å². The summed E-state index contributed by atoms with van der Waals surface area (Å²) >= 11 is 0. The van der Waals surface area contributed by atoms with Gasteiger partial charge in [0.1, 0.15) is 0 Å². The van der Waals surface area contributed by atoms with E-state index in [1.54, 1.807) is 7.11 Å². The molecule has 1 aliphatic carbocycles. The Morgan fingerprint density at radius 1 is 1.40 bits per heavy atom. The highest BCUT2D eigenvalue weighted by Gasteiger charge is 2.30. The van der Waals surface area contributed by atoms with Crippen molar-refractivity contribution >= 4 is 0 Å². The molecule has 0 saturated heterocycles. The topological polar surface area (TPSA) is 21.3 Å². The molecule has 0 spiro atoms. The van der Waals surface area contributed by atoms with Gasteiger partial charge in [0.25, 0.3) is 0 Å². The van der Waals surface area contributed by atoms with E-state index in [4.69, 9.17) is 4.74 Å². The lowest BCUT2D eigenvalue weighted by molar-refractivity contribution is 0.0858. The van der Waals surface area contributed by atoms with Crippen molar-refractivity contribution in [1.82, 2.24) is 5.32 Å². The SMILES string of the molecule is CN[C@H]1C[C@@H](C)CC1OC. The first-order valence-corrected chi connectivity index (χ1v) is 3.98. The molecule has 0 aliphatic heterocycles. The van der Waals surface area contributed by atoms with Crippen molar-refractivity contribution in [2.75, 3.05) is 14.2 Å². The van der Waals surface area contributed by atoms with Crippen LogP contribution < -0.4 is 5.32 Å². The molecule has 0 aromatic carbocycles. The van der Waals surface area contributed by atoms with E-state index in [0.29, 0.717) is 12.1 Å². The largest absolute Gasteiger partial charge is 0.380 e. The van der Waals surface area contributed by atoms with E-state index < -0.39 is 0 Å². The molecule has 1 N–H and O–H groups in total. The van der Waals surface area contributed by atoms with Crippen LogP contribution in [0, 0.1) is 5.92 Å². The molecular formula is C8H17NO. The smallest absolute Gasteiger partial charge is 0.0726 e. The molecule has 60 valence electrons. The van der Waals surface area contributed by atoms with Crippen molar-refractivity contribution in [3.8, 4) is 0 Å². The van der Waals surface area contributed by atoms with E-state index >= 15 is 0 Å². The molecule has 0 amide bonds. The lowest BCUT2D eigenvalue weighted by Gasteiger charge is -2.16. The van der Waals surface area contributed by atoms with E-state index in [-0.39, 0.29) is 0 Å². The number of rotatable bonds is 2. The maximum Gasteiger partial charge on any atom is 0.0726 e. The molecule has 10 heavy (non-hydrogen) atoms. The quantitative estimate of drug-likeness (QED) is 0.623. The minimum absolute atomic E-state index is 0.444. The Labute approximate surface area is 63.0 Å². The fourth-order valence-corrected chi connectivity index (χ4v) is 1.81. The van der Waals surface area contributed by atoms with E-state index in [1.165, 1.54) is 12.8 Å². The number of nitrogens with one attached hydrogen (secondary N) is 1. The summed E-state index contributed by atoms with van der Waals surface area (Å²) in [6.07, 6.45) is 2.91. The zero-order valence-corrected chi connectivity index (χ0v) is 7.05. The highest BCUT2D eigenvalue weighted by Crippen LogP contribution is 2.26. The van der Waals surface area contributed by atoms with Gasteiger partial charge in [-0.25, -0.2) is 0 Å². The van der Waals surface area contributed by atoms with Crippen molar-refractivity contribution in [1.29, 1.82) is 0 Å². The zero-order chi connectivity index (χ0) is 7.56. The number of hydrogen-bond donors (Lipinski definition) is 1. The molecule has 0 aromatic rings. The fraction of sp³-hybridized carbons (Fsp3) is 1.00. The van der Waals surface area contributed by atoms with Crippen LogP contribution in [0.2, 0.25) is 0 Å². The number of hydrogen-bond acceptors (Lipinski definition) is 2. The number of methoxy groups -OCH3 is 1. The number of likely N-dealkylation sites (N-methyl/N-ethyl adjacent to an activating group) is 1. The maximum absolute atomic E-state index is 5.32. The van der Waals surface area contributed by atoms with Crippen molar-refractivity contribution in [3.05, 3.63) is 0 Å². The molecule has 0 aromatic heterocycles. The lowest BCUT2D eigenvalue weighted by Crippen LogP contribution is -2.33. The summed E-state index contributed by atoms with van der Waals surface area (Å²) in [6, 6.07) is 0.583. The van der Waals surface area contributed by atoms with Crippen LogP contribution in [-0.4, -0.2) is 26.3 Å². The molecule has 3 atom stereocenters. The van der Waals surface area contributed by atoms with Crippen molar-refractivity contribution in [3.63, 3.8) is 0 Å². The van der Waals surface area contributed by atoms with Crippen LogP contribution in [0.15, 0.2) is 0 Å². The minimum atomic E-state index is 0.444. The molecule has 0 bridgehead atoms. The molecular weight excluding hydrogens is 126 g/mol. The van der Waals surface area contributed by atoms with Crippen molar-refractivity contribution in [2.24, 2.45) is 5.92 Å². The highest BCUT2D eigenvalue weighted by atomic mass is 16.5. The fourth-order valence-electron chi connectivity index (χ4n) is 1.81. The van der Waals surface area contributed by atoms with Gasteiger partial charge in [0, 0.05) is 13.2 Å². The Morgan fingerprint density at radius 3 is 2.50 bits per heavy atom. The van der Waals surface area contributed by atoms with Crippen LogP contribution in [0.25, 0.3) is 0 Å². The monoisotopic (exact) mass is 143 g/mol. The van der Waals surface area contributed by atoms with Gasteiger partial charge in [0.2, 0.25) is 0 Å². The van der Waals surface area contributed by atoms with Crippen LogP contribution in [-0.2, 0) is 4.74 Å². The van der Waals surface area contributed by atoms with Gasteiger partial charge in [-0.2, -0.15) is 0 Å². The second-order valence-electron chi connectivity index (χ2n) is 3.25. The molecule has 0 heterocycles. The first kappa shape index (κ1) is 8.02. The maximum atomic E-state index is 5.32. The molecule has 2 heteroatoms. The average molecular weight is 143 g/mol. The average Bonchev–Trinajstić information content (AvgIpc) is 2.30. The second kappa shape index (κ2) is 3.35. The first-order chi connectivity index (χ1) is 4.77. The van der Waals surface area contributed by atoms with E-state index in [9.17, 15) is 0 Å². The van der Waals surface area contributed by atoms with Crippen LogP contribution >= 0.6 is 0 Å². The molecule has 1 aliphatic rings. The first-order valence-electron chi connectivity index (χ1n) is 3.98. The van der Waals surface area contributed by atoms with Gasteiger partial charge in [-0.1, -0.05) is 6.92 Å². The third-order valence-corrected chi connectivity index (χ3v) is 2.41. The van der Waals surface area contributed by atoms with Crippen LogP contribution in [0.4, 0.5) is 0 Å².